The Morgan fingerprint density at radius 3 is 2.45 bits per heavy atom. The standard InChI is InChI=1S/C14H21ClN2O4S/c1-9(2)8-21-10(3)14(18)16-11-5-6-13(12(15)7-11)17-22(4,19)20/h5-7,9-10,17H,8H2,1-4H3,(H,16,18). The molecule has 0 saturated heterocycles. The number of sulfonamides is 1. The second-order valence-corrected chi connectivity index (χ2v) is 7.58. The molecule has 1 aromatic carbocycles. The van der Waals surface area contributed by atoms with E-state index in [4.69, 9.17) is 16.3 Å². The summed E-state index contributed by atoms with van der Waals surface area (Å²) in [6.07, 6.45) is 0.447. The lowest BCUT2D eigenvalue weighted by atomic mass is 10.2. The fraction of sp³-hybridized carbons (Fsp3) is 0.500. The predicted molar refractivity (Wildman–Crippen MR) is 88.8 cm³/mol. The summed E-state index contributed by atoms with van der Waals surface area (Å²) in [6, 6.07) is 4.52. The van der Waals surface area contributed by atoms with Crippen molar-refractivity contribution in [1.82, 2.24) is 0 Å². The monoisotopic (exact) mass is 348 g/mol. The molecule has 1 unspecified atom stereocenters. The molecule has 0 fully saturated rings. The Balaban J connectivity index is 2.71. The Labute approximate surface area is 136 Å². The van der Waals surface area contributed by atoms with Crippen LogP contribution in [0.2, 0.25) is 5.02 Å². The maximum Gasteiger partial charge on any atom is 0.253 e. The topological polar surface area (TPSA) is 84.5 Å². The zero-order chi connectivity index (χ0) is 16.9. The first-order valence-electron chi connectivity index (χ1n) is 6.78. The molecule has 22 heavy (non-hydrogen) atoms. The fourth-order valence-electron chi connectivity index (χ4n) is 1.53. The summed E-state index contributed by atoms with van der Waals surface area (Å²) in [6.45, 7) is 6.15. The van der Waals surface area contributed by atoms with E-state index in [0.29, 0.717) is 18.2 Å². The molecule has 1 rings (SSSR count). The molecule has 0 aromatic heterocycles. The lowest BCUT2D eigenvalue weighted by Crippen LogP contribution is -2.28. The van der Waals surface area contributed by atoms with E-state index in [-0.39, 0.29) is 16.6 Å². The summed E-state index contributed by atoms with van der Waals surface area (Å²) < 4.78 is 30.1. The summed E-state index contributed by atoms with van der Waals surface area (Å²) in [7, 11) is -3.41. The predicted octanol–water partition coefficient (Wildman–Crippen LogP) is 2.71. The number of hydrogen-bond acceptors (Lipinski definition) is 4. The third-order valence-electron chi connectivity index (χ3n) is 2.58. The van der Waals surface area contributed by atoms with Gasteiger partial charge in [0.15, 0.2) is 0 Å². The van der Waals surface area contributed by atoms with Crippen LogP contribution < -0.4 is 10.0 Å². The van der Waals surface area contributed by atoms with Crippen LogP contribution in [-0.2, 0) is 19.6 Å². The van der Waals surface area contributed by atoms with E-state index in [9.17, 15) is 13.2 Å². The van der Waals surface area contributed by atoms with Crippen LogP contribution in [0.4, 0.5) is 11.4 Å². The summed E-state index contributed by atoms with van der Waals surface area (Å²) in [5.74, 6) is 0.0478. The molecular formula is C14H21ClN2O4S. The quantitative estimate of drug-likeness (QED) is 0.793. The first kappa shape index (κ1) is 18.7. The van der Waals surface area contributed by atoms with Crippen LogP contribution >= 0.6 is 11.6 Å². The van der Waals surface area contributed by atoms with E-state index < -0.39 is 16.1 Å². The van der Waals surface area contributed by atoms with Gasteiger partial charge in [-0.25, -0.2) is 8.42 Å². The Bertz CT molecular complexity index is 632. The van der Waals surface area contributed by atoms with Crippen LogP contribution in [0.5, 0.6) is 0 Å². The number of carbonyl (C=O) groups is 1. The molecule has 124 valence electrons. The maximum absolute atomic E-state index is 12.0. The molecule has 8 heteroatoms. The molecule has 1 aromatic rings. The van der Waals surface area contributed by atoms with E-state index in [1.165, 1.54) is 12.1 Å². The van der Waals surface area contributed by atoms with Crippen LogP contribution in [0.25, 0.3) is 0 Å². The van der Waals surface area contributed by atoms with Crippen molar-refractivity contribution in [2.75, 3.05) is 22.9 Å². The highest BCUT2D eigenvalue weighted by molar-refractivity contribution is 7.92. The minimum absolute atomic E-state index is 0.193. The smallest absolute Gasteiger partial charge is 0.253 e. The van der Waals surface area contributed by atoms with Gasteiger partial charge in [-0.1, -0.05) is 25.4 Å². The second-order valence-electron chi connectivity index (χ2n) is 5.43. The second kappa shape index (κ2) is 7.80. The highest BCUT2D eigenvalue weighted by Crippen LogP contribution is 2.26. The van der Waals surface area contributed by atoms with Gasteiger partial charge in [-0.2, -0.15) is 0 Å². The van der Waals surface area contributed by atoms with Crippen LogP contribution in [-0.4, -0.2) is 33.3 Å². The number of nitrogens with one attached hydrogen (secondary N) is 2. The van der Waals surface area contributed by atoms with Gasteiger partial charge in [0.25, 0.3) is 5.91 Å². The van der Waals surface area contributed by atoms with Crippen molar-refractivity contribution >= 4 is 38.9 Å². The number of amides is 1. The Morgan fingerprint density at radius 1 is 1.32 bits per heavy atom. The van der Waals surface area contributed by atoms with Gasteiger partial charge in [0.1, 0.15) is 6.10 Å². The molecule has 6 nitrogen and oxygen atoms in total. The number of ether oxygens (including phenoxy) is 1. The van der Waals surface area contributed by atoms with E-state index in [1.54, 1.807) is 13.0 Å². The van der Waals surface area contributed by atoms with Crippen molar-refractivity contribution in [2.45, 2.75) is 26.9 Å². The number of benzene rings is 1. The third kappa shape index (κ3) is 6.64. The fourth-order valence-corrected chi connectivity index (χ4v) is 2.39. The number of rotatable bonds is 7. The first-order valence-corrected chi connectivity index (χ1v) is 9.05. The minimum Gasteiger partial charge on any atom is -0.368 e. The molecule has 1 amide bonds. The lowest BCUT2D eigenvalue weighted by Gasteiger charge is -2.15. The number of anilines is 2. The number of hydrogen-bond donors (Lipinski definition) is 2. The van der Waals surface area contributed by atoms with Crippen molar-refractivity contribution in [2.24, 2.45) is 5.92 Å². The zero-order valence-electron chi connectivity index (χ0n) is 13.0. The van der Waals surface area contributed by atoms with Crippen molar-refractivity contribution in [1.29, 1.82) is 0 Å². The van der Waals surface area contributed by atoms with E-state index in [0.717, 1.165) is 6.26 Å². The molecule has 0 aliphatic carbocycles. The van der Waals surface area contributed by atoms with E-state index in [2.05, 4.69) is 10.0 Å². The molecule has 0 aliphatic heterocycles. The summed E-state index contributed by atoms with van der Waals surface area (Å²) in [4.78, 5) is 12.0. The lowest BCUT2D eigenvalue weighted by molar-refractivity contribution is -0.126. The first-order chi connectivity index (χ1) is 10.1. The van der Waals surface area contributed by atoms with Crippen molar-refractivity contribution in [3.63, 3.8) is 0 Å². The number of halogens is 1. The minimum atomic E-state index is -3.41. The molecule has 0 bridgehead atoms. The molecule has 0 aliphatic rings. The normalized spacial score (nSPS) is 13.0. The highest BCUT2D eigenvalue weighted by atomic mass is 35.5. The van der Waals surface area contributed by atoms with Crippen molar-refractivity contribution in [3.8, 4) is 0 Å². The van der Waals surface area contributed by atoms with Gasteiger partial charge in [-0.15, -0.1) is 0 Å². The van der Waals surface area contributed by atoms with Gasteiger partial charge in [-0.3, -0.25) is 9.52 Å². The summed E-state index contributed by atoms with van der Waals surface area (Å²) in [5, 5.41) is 2.86. The summed E-state index contributed by atoms with van der Waals surface area (Å²) >= 11 is 5.99. The molecular weight excluding hydrogens is 328 g/mol. The molecule has 0 heterocycles. The van der Waals surface area contributed by atoms with Crippen LogP contribution in [0.1, 0.15) is 20.8 Å². The molecule has 0 radical (unpaired) electrons. The molecule has 1 atom stereocenters. The highest BCUT2D eigenvalue weighted by Gasteiger charge is 2.15. The van der Waals surface area contributed by atoms with Crippen LogP contribution in [0, 0.1) is 5.92 Å². The van der Waals surface area contributed by atoms with Crippen LogP contribution in [0.3, 0.4) is 0 Å². The third-order valence-corrected chi connectivity index (χ3v) is 3.48. The summed E-state index contributed by atoms with van der Waals surface area (Å²) in [5.41, 5.74) is 0.723. The van der Waals surface area contributed by atoms with E-state index in [1.807, 2.05) is 13.8 Å². The van der Waals surface area contributed by atoms with Crippen molar-refractivity contribution in [3.05, 3.63) is 23.2 Å². The van der Waals surface area contributed by atoms with Gasteiger partial charge in [-0.05, 0) is 31.0 Å². The Morgan fingerprint density at radius 2 is 1.95 bits per heavy atom. The SMILES string of the molecule is CC(C)COC(C)C(=O)Nc1ccc(NS(C)(=O)=O)c(Cl)c1. The van der Waals surface area contributed by atoms with Crippen LogP contribution in [0.15, 0.2) is 18.2 Å². The average Bonchev–Trinajstić information content (AvgIpc) is 2.37. The Hall–Kier alpha value is -1.31. The van der Waals surface area contributed by atoms with Gasteiger partial charge in [0.05, 0.1) is 17.0 Å². The maximum atomic E-state index is 12.0. The molecule has 2 N–H and O–H groups in total. The molecule has 0 saturated carbocycles. The van der Waals surface area contributed by atoms with Crippen molar-refractivity contribution < 1.29 is 17.9 Å². The zero-order valence-corrected chi connectivity index (χ0v) is 14.6. The van der Waals surface area contributed by atoms with Gasteiger partial charge in [0.2, 0.25) is 10.0 Å². The largest absolute Gasteiger partial charge is 0.368 e. The van der Waals surface area contributed by atoms with Gasteiger partial charge >= 0.3 is 0 Å². The number of carbonyl (C=O) groups excluding carboxylic acids is 1. The van der Waals surface area contributed by atoms with E-state index >= 15 is 0 Å². The Kier molecular flexibility index (Phi) is 6.65. The van der Waals surface area contributed by atoms with Gasteiger partial charge < -0.3 is 10.1 Å². The van der Waals surface area contributed by atoms with Gasteiger partial charge in [0, 0.05) is 12.3 Å². The average molecular weight is 349 g/mol. The molecule has 0 spiro atoms.